The topological polar surface area (TPSA) is 67.4 Å². The summed E-state index contributed by atoms with van der Waals surface area (Å²) < 4.78 is 1.87. The summed E-state index contributed by atoms with van der Waals surface area (Å²) in [6.07, 6.45) is 1.70. The Morgan fingerprint density at radius 3 is 2.71 bits per heavy atom. The first-order valence-electron chi connectivity index (χ1n) is 5.03. The van der Waals surface area contributed by atoms with Gasteiger partial charge < -0.3 is 4.57 Å². The minimum Gasteiger partial charge on any atom is -0.309 e. The molecule has 0 atom stereocenters. The Bertz CT molecular complexity index is 596. The molecule has 2 rings (SSSR count). The van der Waals surface area contributed by atoms with Crippen LogP contribution < -0.4 is 0 Å². The van der Waals surface area contributed by atoms with Crippen LogP contribution in [-0.2, 0) is 7.05 Å². The Balaban J connectivity index is 2.41. The molecule has 0 fully saturated rings. The third-order valence-corrected chi connectivity index (χ3v) is 3.52. The van der Waals surface area contributed by atoms with Crippen molar-refractivity contribution < 1.29 is 0 Å². The molecule has 0 spiro atoms. The summed E-state index contributed by atoms with van der Waals surface area (Å²) in [6, 6.07) is 3.99. The van der Waals surface area contributed by atoms with Gasteiger partial charge in [-0.2, -0.15) is 5.26 Å². The Morgan fingerprint density at radius 1 is 1.35 bits per heavy atom. The standard InChI is InChI=1S/C11H11N5S/c1-7-4-5-13-10(9(7)6-12)17-11-15-14-8(2)16(11)3/h4-5H,1-3H3. The summed E-state index contributed by atoms with van der Waals surface area (Å²) in [6.45, 7) is 3.78. The molecular formula is C11H11N5S. The molecule has 17 heavy (non-hydrogen) atoms. The zero-order valence-electron chi connectivity index (χ0n) is 9.80. The number of pyridine rings is 1. The summed E-state index contributed by atoms with van der Waals surface area (Å²) in [5, 5.41) is 18.5. The zero-order chi connectivity index (χ0) is 12.4. The molecule has 0 aliphatic heterocycles. The van der Waals surface area contributed by atoms with Gasteiger partial charge in [0.2, 0.25) is 0 Å². The molecule has 2 aromatic heterocycles. The second kappa shape index (κ2) is 4.55. The van der Waals surface area contributed by atoms with Crippen molar-refractivity contribution >= 4 is 11.8 Å². The highest BCUT2D eigenvalue weighted by Crippen LogP contribution is 2.28. The molecule has 0 radical (unpaired) electrons. The van der Waals surface area contributed by atoms with Crippen LogP contribution in [0.2, 0.25) is 0 Å². The number of rotatable bonds is 2. The molecule has 0 amide bonds. The maximum Gasteiger partial charge on any atom is 0.197 e. The van der Waals surface area contributed by atoms with Crippen molar-refractivity contribution in [3.8, 4) is 6.07 Å². The molecule has 0 unspecified atom stereocenters. The van der Waals surface area contributed by atoms with E-state index in [2.05, 4.69) is 21.3 Å². The minimum atomic E-state index is 0.596. The molecule has 0 saturated carbocycles. The van der Waals surface area contributed by atoms with Gasteiger partial charge in [-0.05, 0) is 37.2 Å². The molecule has 0 bridgehead atoms. The van der Waals surface area contributed by atoms with E-state index >= 15 is 0 Å². The van der Waals surface area contributed by atoms with Gasteiger partial charge in [0.15, 0.2) is 5.16 Å². The number of hydrogen-bond acceptors (Lipinski definition) is 5. The highest BCUT2D eigenvalue weighted by molar-refractivity contribution is 7.99. The quantitative estimate of drug-likeness (QED) is 0.807. The van der Waals surface area contributed by atoms with Gasteiger partial charge in [0.25, 0.3) is 0 Å². The summed E-state index contributed by atoms with van der Waals surface area (Å²) in [5.74, 6) is 0.832. The zero-order valence-corrected chi connectivity index (χ0v) is 10.6. The molecule has 0 aliphatic rings. The smallest absolute Gasteiger partial charge is 0.197 e. The Hall–Kier alpha value is -1.87. The van der Waals surface area contributed by atoms with Crippen LogP contribution in [0.25, 0.3) is 0 Å². The lowest BCUT2D eigenvalue weighted by molar-refractivity contribution is 0.764. The van der Waals surface area contributed by atoms with E-state index in [0.29, 0.717) is 10.6 Å². The van der Waals surface area contributed by atoms with E-state index in [1.54, 1.807) is 6.20 Å². The lowest BCUT2D eigenvalue weighted by Crippen LogP contribution is -1.96. The van der Waals surface area contributed by atoms with E-state index < -0.39 is 0 Å². The number of aryl methyl sites for hydroxylation is 2. The fourth-order valence-electron chi connectivity index (χ4n) is 1.31. The first-order chi connectivity index (χ1) is 8.13. The SMILES string of the molecule is Cc1ccnc(Sc2nnc(C)n2C)c1C#N. The largest absolute Gasteiger partial charge is 0.309 e. The molecule has 5 nitrogen and oxygen atoms in total. The molecule has 86 valence electrons. The van der Waals surface area contributed by atoms with Crippen LogP contribution >= 0.6 is 11.8 Å². The monoisotopic (exact) mass is 245 g/mol. The average Bonchev–Trinajstić information content (AvgIpc) is 2.61. The fraction of sp³-hybridized carbons (Fsp3) is 0.273. The Labute approximate surface area is 104 Å². The summed E-state index contributed by atoms with van der Waals surface area (Å²) in [7, 11) is 1.89. The van der Waals surface area contributed by atoms with Crippen LogP contribution in [0.5, 0.6) is 0 Å². The second-order valence-electron chi connectivity index (χ2n) is 3.61. The summed E-state index contributed by atoms with van der Waals surface area (Å²) in [4.78, 5) is 4.22. The highest BCUT2D eigenvalue weighted by atomic mass is 32.2. The molecule has 0 aliphatic carbocycles. The van der Waals surface area contributed by atoms with Gasteiger partial charge >= 0.3 is 0 Å². The second-order valence-corrected chi connectivity index (χ2v) is 4.57. The predicted octanol–water partition coefficient (Wildman–Crippen LogP) is 1.85. The predicted molar refractivity (Wildman–Crippen MR) is 63.6 cm³/mol. The van der Waals surface area contributed by atoms with Gasteiger partial charge in [-0.25, -0.2) is 4.98 Å². The molecule has 6 heteroatoms. The Kier molecular flexibility index (Phi) is 3.11. The van der Waals surface area contributed by atoms with Crippen molar-refractivity contribution in [2.24, 2.45) is 7.05 Å². The number of aromatic nitrogens is 4. The van der Waals surface area contributed by atoms with Gasteiger partial charge in [0.1, 0.15) is 16.9 Å². The maximum absolute atomic E-state index is 9.11. The van der Waals surface area contributed by atoms with E-state index in [4.69, 9.17) is 5.26 Å². The van der Waals surface area contributed by atoms with Crippen LogP contribution in [0.4, 0.5) is 0 Å². The van der Waals surface area contributed by atoms with Crippen molar-refractivity contribution in [3.63, 3.8) is 0 Å². The van der Waals surface area contributed by atoms with Gasteiger partial charge in [0, 0.05) is 13.2 Å². The summed E-state index contributed by atoms with van der Waals surface area (Å²) >= 11 is 1.36. The van der Waals surface area contributed by atoms with E-state index in [9.17, 15) is 0 Å². The number of nitriles is 1. The molecular weight excluding hydrogens is 234 g/mol. The minimum absolute atomic E-state index is 0.596. The molecule has 0 N–H and O–H groups in total. The molecule has 0 saturated heterocycles. The lowest BCUT2D eigenvalue weighted by atomic mass is 10.2. The molecule has 0 aromatic carbocycles. The van der Waals surface area contributed by atoms with Crippen LogP contribution in [0, 0.1) is 25.2 Å². The fourth-order valence-corrected chi connectivity index (χ4v) is 2.26. The van der Waals surface area contributed by atoms with Crippen LogP contribution in [0.1, 0.15) is 17.0 Å². The van der Waals surface area contributed by atoms with Crippen LogP contribution in [0.15, 0.2) is 22.4 Å². The maximum atomic E-state index is 9.11. The van der Waals surface area contributed by atoms with Crippen molar-refractivity contribution in [2.45, 2.75) is 24.0 Å². The average molecular weight is 245 g/mol. The lowest BCUT2D eigenvalue weighted by Gasteiger charge is -2.04. The number of hydrogen-bond donors (Lipinski definition) is 0. The van der Waals surface area contributed by atoms with Gasteiger partial charge in [0.05, 0.1) is 5.56 Å². The van der Waals surface area contributed by atoms with Gasteiger partial charge in [-0.1, -0.05) is 0 Å². The number of nitrogens with zero attached hydrogens (tertiary/aromatic N) is 5. The van der Waals surface area contributed by atoms with Crippen LogP contribution in [-0.4, -0.2) is 19.7 Å². The van der Waals surface area contributed by atoms with E-state index in [0.717, 1.165) is 16.5 Å². The third-order valence-electron chi connectivity index (χ3n) is 2.48. The van der Waals surface area contributed by atoms with Gasteiger partial charge in [-0.3, -0.25) is 0 Å². The first kappa shape index (κ1) is 11.6. The molecule has 2 aromatic rings. The third kappa shape index (κ3) is 2.15. The van der Waals surface area contributed by atoms with E-state index in [1.165, 1.54) is 11.8 Å². The summed E-state index contributed by atoms with van der Waals surface area (Å²) in [5.41, 5.74) is 1.52. The molecule has 2 heterocycles. The van der Waals surface area contributed by atoms with Crippen molar-refractivity contribution in [2.75, 3.05) is 0 Å². The van der Waals surface area contributed by atoms with Gasteiger partial charge in [-0.15, -0.1) is 10.2 Å². The normalized spacial score (nSPS) is 10.2. The van der Waals surface area contributed by atoms with Crippen LogP contribution in [0.3, 0.4) is 0 Å². The van der Waals surface area contributed by atoms with Crippen molar-refractivity contribution in [3.05, 3.63) is 29.2 Å². The van der Waals surface area contributed by atoms with E-state index in [1.807, 2.05) is 31.5 Å². The Morgan fingerprint density at radius 2 is 2.12 bits per heavy atom. The van der Waals surface area contributed by atoms with E-state index in [-0.39, 0.29) is 0 Å². The first-order valence-corrected chi connectivity index (χ1v) is 5.84. The van der Waals surface area contributed by atoms with Crippen molar-refractivity contribution in [1.82, 2.24) is 19.7 Å². The van der Waals surface area contributed by atoms with Crippen molar-refractivity contribution in [1.29, 1.82) is 5.26 Å². The highest BCUT2D eigenvalue weighted by Gasteiger charge is 2.12.